The van der Waals surface area contributed by atoms with Crippen molar-refractivity contribution in [1.82, 2.24) is 5.32 Å². The van der Waals surface area contributed by atoms with Crippen LogP contribution in [0.1, 0.15) is 15.9 Å². The van der Waals surface area contributed by atoms with Crippen LogP contribution >= 0.6 is 30.5 Å². The van der Waals surface area contributed by atoms with Gasteiger partial charge in [0.05, 0.1) is 10.5 Å². The van der Waals surface area contributed by atoms with Crippen LogP contribution in [0, 0.1) is 10.1 Å². The van der Waals surface area contributed by atoms with E-state index in [-0.39, 0.29) is 9.93 Å². The van der Waals surface area contributed by atoms with E-state index in [1.54, 1.807) is 0 Å². The fourth-order valence-electron chi connectivity index (χ4n) is 4.27. The number of nitro groups is 1. The van der Waals surface area contributed by atoms with E-state index in [0.29, 0.717) is 12.1 Å². The predicted molar refractivity (Wildman–Crippen MR) is 149 cm³/mol. The average Bonchev–Trinajstić information content (AvgIpc) is 2.93. The standard InChI is InChI=1S/C28H18Cl2F3N2O3P/c29-25(30)27(34-26(36)23-17-16-19(28(31,32)33)18-24(23)35(37)38)39(20-10-4-1-5-11-20,21-12-6-2-7-13-21)22-14-8-3-9-15-22/h1-18H/p+1. The summed E-state index contributed by atoms with van der Waals surface area (Å²) in [6, 6.07) is 29.2. The Morgan fingerprint density at radius 1 is 0.769 bits per heavy atom. The molecular formula is C28H19Cl2F3N2O3P+. The molecule has 0 saturated heterocycles. The minimum absolute atomic E-state index is 0.0774. The second-order valence-corrected chi connectivity index (χ2v) is 12.5. The molecule has 4 rings (SSSR count). The average molecular weight is 590 g/mol. The smallest absolute Gasteiger partial charge is 0.290 e. The molecule has 0 fully saturated rings. The SMILES string of the molecule is O=C(NC(=C(Cl)Cl)[P+](c1ccccc1)(c1ccccc1)c1ccccc1)c1ccc(C(F)(F)F)cc1[N+](=O)[O-]. The molecule has 0 aliphatic carbocycles. The highest BCUT2D eigenvalue weighted by atomic mass is 35.5. The third kappa shape index (κ3) is 5.69. The zero-order chi connectivity index (χ0) is 28.2. The molecule has 0 aliphatic heterocycles. The first-order valence-corrected chi connectivity index (χ1v) is 13.9. The lowest BCUT2D eigenvalue weighted by Crippen LogP contribution is -2.38. The number of nitrogens with one attached hydrogen (secondary N) is 1. The van der Waals surface area contributed by atoms with E-state index in [1.165, 1.54) is 0 Å². The number of rotatable bonds is 7. The molecule has 0 bridgehead atoms. The topological polar surface area (TPSA) is 72.2 Å². The summed E-state index contributed by atoms with van der Waals surface area (Å²) in [5, 5.41) is 16.6. The maximum atomic E-state index is 13.6. The number of alkyl halides is 3. The van der Waals surface area contributed by atoms with Crippen LogP contribution in [-0.4, -0.2) is 10.8 Å². The molecule has 1 N–H and O–H groups in total. The zero-order valence-corrected chi connectivity index (χ0v) is 22.3. The molecule has 0 atom stereocenters. The number of amides is 1. The number of benzene rings is 4. The van der Waals surface area contributed by atoms with Crippen molar-refractivity contribution < 1.29 is 22.9 Å². The van der Waals surface area contributed by atoms with Crippen molar-refractivity contribution in [3.63, 3.8) is 0 Å². The first-order valence-electron chi connectivity index (χ1n) is 11.4. The van der Waals surface area contributed by atoms with Gasteiger partial charge in [0.25, 0.3) is 11.6 Å². The molecule has 0 saturated carbocycles. The van der Waals surface area contributed by atoms with Crippen molar-refractivity contribution in [2.75, 3.05) is 0 Å². The summed E-state index contributed by atoms with van der Waals surface area (Å²) in [6.07, 6.45) is -4.83. The number of nitrogens with zero attached hydrogens (tertiary/aromatic N) is 1. The van der Waals surface area contributed by atoms with Gasteiger partial charge in [-0.05, 0) is 48.5 Å². The quantitative estimate of drug-likeness (QED) is 0.144. The lowest BCUT2D eigenvalue weighted by molar-refractivity contribution is -0.385. The number of halogens is 5. The van der Waals surface area contributed by atoms with E-state index in [2.05, 4.69) is 5.32 Å². The van der Waals surface area contributed by atoms with E-state index in [1.807, 2.05) is 91.0 Å². The summed E-state index contributed by atoms with van der Waals surface area (Å²) in [5.74, 6) is -1.03. The second-order valence-electron chi connectivity index (χ2n) is 8.23. The van der Waals surface area contributed by atoms with Crippen LogP contribution in [0.15, 0.2) is 119 Å². The molecular weight excluding hydrogens is 571 g/mol. The fraction of sp³-hybridized carbons (Fsp3) is 0.0357. The number of hydrogen-bond donors (Lipinski definition) is 1. The highest BCUT2D eigenvalue weighted by Gasteiger charge is 2.52. The van der Waals surface area contributed by atoms with Crippen molar-refractivity contribution in [3.8, 4) is 0 Å². The zero-order valence-electron chi connectivity index (χ0n) is 19.9. The summed E-state index contributed by atoms with van der Waals surface area (Å²) in [4.78, 5) is 24.2. The molecule has 0 spiro atoms. The van der Waals surface area contributed by atoms with Gasteiger partial charge in [-0.15, -0.1) is 0 Å². The summed E-state index contributed by atoms with van der Waals surface area (Å²) < 4.78 is 39.4. The number of carbonyl (C=O) groups excluding carboxylic acids is 1. The monoisotopic (exact) mass is 589 g/mol. The minimum Gasteiger partial charge on any atom is -0.290 e. The molecule has 1 amide bonds. The van der Waals surface area contributed by atoms with Gasteiger partial charge >= 0.3 is 6.18 Å². The van der Waals surface area contributed by atoms with Crippen LogP contribution in [0.4, 0.5) is 18.9 Å². The number of nitro benzene ring substituents is 1. The maximum Gasteiger partial charge on any atom is 0.416 e. The highest BCUT2D eigenvalue weighted by molar-refractivity contribution is 7.99. The summed E-state index contributed by atoms with van der Waals surface area (Å²) in [6.45, 7) is 0. The number of carbonyl (C=O) groups is 1. The van der Waals surface area contributed by atoms with Gasteiger partial charge in [-0.1, -0.05) is 77.8 Å². The molecule has 5 nitrogen and oxygen atoms in total. The Morgan fingerprint density at radius 3 is 1.56 bits per heavy atom. The van der Waals surface area contributed by atoms with Gasteiger partial charge in [0.15, 0.2) is 11.8 Å². The van der Waals surface area contributed by atoms with Gasteiger partial charge in [-0.25, -0.2) is 0 Å². The van der Waals surface area contributed by atoms with Gasteiger partial charge in [0.1, 0.15) is 21.5 Å². The molecule has 39 heavy (non-hydrogen) atoms. The largest absolute Gasteiger partial charge is 0.416 e. The van der Waals surface area contributed by atoms with Gasteiger partial charge in [-0.3, -0.25) is 20.2 Å². The Labute approximate surface area is 232 Å². The van der Waals surface area contributed by atoms with Crippen LogP contribution in [0.25, 0.3) is 0 Å². The molecule has 0 aromatic heterocycles. The van der Waals surface area contributed by atoms with Crippen LogP contribution in [-0.2, 0) is 6.18 Å². The van der Waals surface area contributed by atoms with E-state index >= 15 is 0 Å². The van der Waals surface area contributed by atoms with Crippen LogP contribution in [0.2, 0.25) is 0 Å². The third-order valence-corrected chi connectivity index (χ3v) is 10.8. The first kappa shape index (κ1) is 28.3. The summed E-state index contributed by atoms with van der Waals surface area (Å²) >= 11 is 12.9. The number of hydrogen-bond acceptors (Lipinski definition) is 3. The van der Waals surface area contributed by atoms with Crippen LogP contribution in [0.3, 0.4) is 0 Å². The molecule has 0 aliphatic rings. The maximum absolute atomic E-state index is 13.6. The Balaban J connectivity index is 1.97. The molecule has 0 radical (unpaired) electrons. The minimum atomic E-state index is -4.83. The first-order chi connectivity index (χ1) is 18.6. The van der Waals surface area contributed by atoms with Crippen LogP contribution < -0.4 is 21.2 Å². The van der Waals surface area contributed by atoms with Gasteiger partial charge < -0.3 is 0 Å². The molecule has 0 unspecified atom stereocenters. The lowest BCUT2D eigenvalue weighted by atomic mass is 10.1. The van der Waals surface area contributed by atoms with Crippen molar-refractivity contribution in [1.29, 1.82) is 0 Å². The Kier molecular flexibility index (Phi) is 8.40. The van der Waals surface area contributed by atoms with Crippen LogP contribution in [0.5, 0.6) is 0 Å². The van der Waals surface area contributed by atoms with Crippen molar-refractivity contribution in [2.24, 2.45) is 0 Å². The second kappa shape index (κ2) is 11.6. The van der Waals surface area contributed by atoms with Crippen molar-refractivity contribution in [2.45, 2.75) is 6.18 Å². The van der Waals surface area contributed by atoms with Gasteiger partial charge in [0, 0.05) is 6.07 Å². The Morgan fingerprint density at radius 2 is 1.21 bits per heavy atom. The highest BCUT2D eigenvalue weighted by Crippen LogP contribution is 2.63. The summed E-state index contributed by atoms with van der Waals surface area (Å²) in [7, 11) is -3.03. The molecule has 0 heterocycles. The molecule has 4 aromatic rings. The molecule has 11 heteroatoms. The Bertz CT molecular complexity index is 1430. The molecule has 4 aromatic carbocycles. The third-order valence-electron chi connectivity index (χ3n) is 5.94. The molecule has 198 valence electrons. The summed E-state index contributed by atoms with van der Waals surface area (Å²) in [5.41, 5.74) is -2.76. The van der Waals surface area contributed by atoms with Crippen molar-refractivity contribution >= 4 is 58.0 Å². The normalized spacial score (nSPS) is 11.5. The van der Waals surface area contributed by atoms with Gasteiger partial charge in [-0.2, -0.15) is 13.2 Å². The van der Waals surface area contributed by atoms with E-state index in [0.717, 1.165) is 22.0 Å². The predicted octanol–water partition coefficient (Wildman–Crippen LogP) is 6.94. The van der Waals surface area contributed by atoms with Crippen molar-refractivity contribution in [3.05, 3.63) is 140 Å². The fourth-order valence-corrected chi connectivity index (χ4v) is 9.18. The van der Waals surface area contributed by atoms with Gasteiger partial charge in [0.2, 0.25) is 5.44 Å². The Hall–Kier alpha value is -3.71. The van der Waals surface area contributed by atoms with E-state index in [9.17, 15) is 28.1 Å². The van der Waals surface area contributed by atoms with E-state index in [4.69, 9.17) is 23.2 Å². The van der Waals surface area contributed by atoms with E-state index < -0.39 is 41.1 Å². The lowest BCUT2D eigenvalue weighted by Gasteiger charge is -2.29.